The van der Waals surface area contributed by atoms with Crippen molar-refractivity contribution < 1.29 is 14.8 Å². The van der Waals surface area contributed by atoms with Gasteiger partial charge in [0.15, 0.2) is 0 Å². The first-order chi connectivity index (χ1) is 8.97. The molecule has 1 aromatic heterocycles. The number of nitro benzene ring substituents is 1. The molecule has 0 unspecified atom stereocenters. The van der Waals surface area contributed by atoms with Gasteiger partial charge in [-0.3, -0.25) is 10.1 Å². The zero-order chi connectivity index (χ0) is 14.0. The molecule has 0 aliphatic rings. The summed E-state index contributed by atoms with van der Waals surface area (Å²) >= 11 is 4.58. The number of nitrogens with zero attached hydrogens (tertiary/aromatic N) is 1. The molecule has 2 aromatic rings. The van der Waals surface area contributed by atoms with Crippen LogP contribution in [-0.4, -0.2) is 16.0 Å². The quantitative estimate of drug-likeness (QED) is 0.469. The Labute approximate surface area is 129 Å². The summed E-state index contributed by atoms with van der Waals surface area (Å²) in [5, 5.41) is 21.2. The molecular weight excluding hydrogens is 401 g/mol. The molecule has 1 heterocycles. The molecule has 0 amide bonds. The minimum Gasteiger partial charge on any atom is -0.477 e. The van der Waals surface area contributed by atoms with E-state index in [0.29, 0.717) is 0 Å². The van der Waals surface area contributed by atoms with Crippen molar-refractivity contribution in [2.24, 2.45) is 0 Å². The van der Waals surface area contributed by atoms with Gasteiger partial charge in [-0.15, -0.1) is 11.3 Å². The number of nitro groups is 1. The van der Waals surface area contributed by atoms with Crippen LogP contribution in [0.15, 0.2) is 39.4 Å². The van der Waals surface area contributed by atoms with Crippen LogP contribution in [0.2, 0.25) is 0 Å². The Morgan fingerprint density at radius 3 is 2.68 bits per heavy atom. The highest BCUT2D eigenvalue weighted by Crippen LogP contribution is 2.35. The maximum absolute atomic E-state index is 10.8. The van der Waals surface area contributed by atoms with Crippen molar-refractivity contribution in [1.29, 1.82) is 0 Å². The monoisotopic (exact) mass is 407 g/mol. The molecule has 0 spiro atoms. The van der Waals surface area contributed by atoms with E-state index in [1.54, 1.807) is 17.5 Å². The second-order valence-electron chi connectivity index (χ2n) is 3.43. The molecule has 8 heteroatoms. The Kier molecular flexibility index (Phi) is 4.42. The summed E-state index contributed by atoms with van der Waals surface area (Å²) in [5.41, 5.74) is 0.0466. The second-order valence-corrected chi connectivity index (χ2v) is 6.61. The lowest BCUT2D eigenvalue weighted by molar-refractivity contribution is -0.385. The normalized spacial score (nSPS) is 10.4. The van der Waals surface area contributed by atoms with E-state index in [4.69, 9.17) is 5.11 Å². The Balaban J connectivity index is 2.23. The van der Waals surface area contributed by atoms with Crippen LogP contribution in [0.25, 0.3) is 0 Å². The molecule has 0 aliphatic carbocycles. The molecule has 0 bridgehead atoms. The zero-order valence-electron chi connectivity index (χ0n) is 9.20. The van der Waals surface area contributed by atoms with Crippen molar-refractivity contribution >= 4 is 57.3 Å². The summed E-state index contributed by atoms with van der Waals surface area (Å²) < 4.78 is 0.764. The molecule has 1 N–H and O–H groups in total. The van der Waals surface area contributed by atoms with Gasteiger partial charge in [0, 0.05) is 30.9 Å². The summed E-state index contributed by atoms with van der Waals surface area (Å²) in [6, 6.07) is 6.19. The maximum atomic E-state index is 10.8. The van der Waals surface area contributed by atoms with Gasteiger partial charge in [-0.25, -0.2) is 4.79 Å². The number of hydrogen-bond donors (Lipinski definition) is 1. The summed E-state index contributed by atoms with van der Waals surface area (Å²) in [6.45, 7) is 0. The van der Waals surface area contributed by atoms with E-state index in [1.807, 2.05) is 22.6 Å². The van der Waals surface area contributed by atoms with Gasteiger partial charge in [-0.1, -0.05) is 11.8 Å². The molecule has 0 aliphatic heterocycles. The van der Waals surface area contributed by atoms with Gasteiger partial charge in [-0.05, 0) is 34.7 Å². The van der Waals surface area contributed by atoms with Gasteiger partial charge in [0.2, 0.25) is 0 Å². The fraction of sp³-hybridized carbons (Fsp3) is 0. The maximum Gasteiger partial charge on any atom is 0.345 e. The summed E-state index contributed by atoms with van der Waals surface area (Å²) in [4.78, 5) is 22.9. The first-order valence-electron chi connectivity index (χ1n) is 4.91. The molecule has 19 heavy (non-hydrogen) atoms. The Morgan fingerprint density at radius 2 is 2.16 bits per heavy atom. The van der Waals surface area contributed by atoms with Crippen LogP contribution >= 0.6 is 45.7 Å². The Morgan fingerprint density at radius 1 is 1.42 bits per heavy atom. The van der Waals surface area contributed by atoms with Crippen molar-refractivity contribution in [3.63, 3.8) is 0 Å². The number of carbonyl (C=O) groups is 1. The van der Waals surface area contributed by atoms with Gasteiger partial charge >= 0.3 is 5.97 Å². The number of halogens is 1. The van der Waals surface area contributed by atoms with Crippen LogP contribution in [0.1, 0.15) is 9.67 Å². The number of non-ortho nitro benzene ring substituents is 1. The van der Waals surface area contributed by atoms with Crippen molar-refractivity contribution in [3.8, 4) is 0 Å². The summed E-state index contributed by atoms with van der Waals surface area (Å²) in [7, 11) is 0. The lowest BCUT2D eigenvalue weighted by Gasteiger charge is -2.02. The van der Waals surface area contributed by atoms with Crippen LogP contribution in [0.3, 0.4) is 0 Å². The smallest absolute Gasteiger partial charge is 0.345 e. The van der Waals surface area contributed by atoms with E-state index in [-0.39, 0.29) is 10.6 Å². The van der Waals surface area contributed by atoms with E-state index in [9.17, 15) is 14.9 Å². The lowest BCUT2D eigenvalue weighted by atomic mass is 10.3. The van der Waals surface area contributed by atoms with Crippen LogP contribution in [0, 0.1) is 13.7 Å². The number of hydrogen-bond acceptors (Lipinski definition) is 5. The average molecular weight is 407 g/mol. The molecule has 2 rings (SSSR count). The molecule has 98 valence electrons. The van der Waals surface area contributed by atoms with Crippen molar-refractivity contribution in [1.82, 2.24) is 0 Å². The third-order valence-corrected chi connectivity index (χ3v) is 5.51. The number of aromatic carboxylic acids is 1. The van der Waals surface area contributed by atoms with E-state index >= 15 is 0 Å². The molecular formula is C11H6INO4S2. The SMILES string of the molecule is O=C(O)c1cc(Sc2ccc([N+](=O)[O-])cc2I)cs1. The molecule has 0 saturated heterocycles. The molecule has 5 nitrogen and oxygen atoms in total. The average Bonchev–Trinajstić information content (AvgIpc) is 2.80. The van der Waals surface area contributed by atoms with Crippen LogP contribution < -0.4 is 0 Å². The van der Waals surface area contributed by atoms with Crippen LogP contribution in [0.4, 0.5) is 5.69 Å². The second kappa shape index (κ2) is 5.88. The lowest BCUT2D eigenvalue weighted by Crippen LogP contribution is -1.90. The predicted molar refractivity (Wildman–Crippen MR) is 81.2 cm³/mol. The number of benzene rings is 1. The fourth-order valence-electron chi connectivity index (χ4n) is 1.30. The van der Waals surface area contributed by atoms with Crippen LogP contribution in [0.5, 0.6) is 0 Å². The van der Waals surface area contributed by atoms with Crippen molar-refractivity contribution in [2.45, 2.75) is 9.79 Å². The van der Waals surface area contributed by atoms with Gasteiger partial charge in [0.1, 0.15) is 4.88 Å². The molecule has 1 aromatic carbocycles. The fourth-order valence-corrected chi connectivity index (χ4v) is 3.87. The standard InChI is InChI=1S/C11H6INO4S2/c12-8-3-6(13(16)17)1-2-9(8)19-7-4-10(11(14)15)18-5-7/h1-5H,(H,14,15). The van der Waals surface area contributed by atoms with Gasteiger partial charge in [0.05, 0.1) is 4.92 Å². The topological polar surface area (TPSA) is 80.4 Å². The third-order valence-electron chi connectivity index (χ3n) is 2.14. The minimum absolute atomic E-state index is 0.0466. The summed E-state index contributed by atoms with van der Waals surface area (Å²) in [5.74, 6) is -0.949. The number of rotatable bonds is 4. The third kappa shape index (κ3) is 3.45. The van der Waals surface area contributed by atoms with Gasteiger partial charge in [-0.2, -0.15) is 0 Å². The molecule has 0 atom stereocenters. The Bertz CT molecular complexity index is 656. The molecule has 0 saturated carbocycles. The van der Waals surface area contributed by atoms with Gasteiger partial charge < -0.3 is 5.11 Å². The first kappa shape index (κ1) is 14.3. The summed E-state index contributed by atoms with van der Waals surface area (Å²) in [6.07, 6.45) is 0. The number of carboxylic acids is 1. The zero-order valence-corrected chi connectivity index (χ0v) is 13.0. The van der Waals surface area contributed by atoms with E-state index in [1.165, 1.54) is 23.9 Å². The van der Waals surface area contributed by atoms with Crippen molar-refractivity contribution in [2.75, 3.05) is 0 Å². The molecule has 0 fully saturated rings. The largest absolute Gasteiger partial charge is 0.477 e. The van der Waals surface area contributed by atoms with Gasteiger partial charge in [0.25, 0.3) is 5.69 Å². The highest BCUT2D eigenvalue weighted by Gasteiger charge is 2.12. The van der Waals surface area contributed by atoms with Crippen molar-refractivity contribution in [3.05, 3.63) is 48.2 Å². The molecule has 0 radical (unpaired) electrons. The van der Waals surface area contributed by atoms with E-state index < -0.39 is 10.9 Å². The van der Waals surface area contributed by atoms with Crippen LogP contribution in [-0.2, 0) is 0 Å². The number of carboxylic acid groups (broad SMARTS) is 1. The predicted octanol–water partition coefficient (Wildman–Crippen LogP) is 4.11. The highest BCUT2D eigenvalue weighted by atomic mass is 127. The van der Waals surface area contributed by atoms with E-state index in [2.05, 4.69) is 0 Å². The highest BCUT2D eigenvalue weighted by molar-refractivity contribution is 14.1. The van der Waals surface area contributed by atoms with E-state index in [0.717, 1.165) is 24.7 Å². The first-order valence-corrected chi connectivity index (χ1v) is 7.68. The number of thiophene rings is 1. The minimum atomic E-state index is -0.949. The Hall–Kier alpha value is -1.13.